The van der Waals surface area contributed by atoms with Gasteiger partial charge in [-0.1, -0.05) is 12.1 Å². The molecule has 3 aromatic carbocycles. The minimum absolute atomic E-state index is 0.106. The molecule has 2 heterocycles. The number of nitrogens with zero attached hydrogens (tertiary/aromatic N) is 1. The third-order valence-corrected chi connectivity index (χ3v) is 7.40. The van der Waals surface area contributed by atoms with Gasteiger partial charge in [-0.15, -0.1) is 0 Å². The lowest BCUT2D eigenvalue weighted by Gasteiger charge is -2.49. The van der Waals surface area contributed by atoms with Crippen LogP contribution in [0.2, 0.25) is 0 Å². The van der Waals surface area contributed by atoms with Crippen molar-refractivity contribution in [2.24, 2.45) is 0 Å². The minimum Gasteiger partial charge on any atom is -0.493 e. The van der Waals surface area contributed by atoms with Crippen molar-refractivity contribution >= 4 is 23.2 Å². The van der Waals surface area contributed by atoms with E-state index in [1.807, 2.05) is 0 Å². The van der Waals surface area contributed by atoms with E-state index in [4.69, 9.17) is 32.8 Å². The zero-order valence-corrected chi connectivity index (χ0v) is 25.0. The molecule has 0 saturated carbocycles. The van der Waals surface area contributed by atoms with Gasteiger partial charge in [0.2, 0.25) is 17.4 Å². The first-order valence-corrected chi connectivity index (χ1v) is 13.4. The van der Waals surface area contributed by atoms with Crippen LogP contribution in [0, 0.1) is 5.82 Å². The topological polar surface area (TPSA) is 118 Å². The molecule has 0 radical (unpaired) electrons. The highest BCUT2D eigenvalue weighted by Crippen LogP contribution is 2.51. The number of rotatable bonds is 11. The molecular formula is C32H31FN2O9. The zero-order chi connectivity index (χ0) is 31.6. The summed E-state index contributed by atoms with van der Waals surface area (Å²) in [5.74, 6) is 0.577. The Balaban J connectivity index is 1.67. The lowest BCUT2D eigenvalue weighted by Crippen LogP contribution is -2.67. The maximum absolute atomic E-state index is 14.7. The Kier molecular flexibility index (Phi) is 8.26. The fraction of sp³-hybridized carbons (Fsp3) is 0.250. The van der Waals surface area contributed by atoms with Gasteiger partial charge in [-0.2, -0.15) is 0 Å². The molecule has 1 fully saturated rings. The Morgan fingerprint density at radius 1 is 0.795 bits per heavy atom. The number of β-lactam (4-membered cyclic amide) rings is 1. The Hall–Kier alpha value is -5.39. The second-order valence-electron chi connectivity index (χ2n) is 9.66. The van der Waals surface area contributed by atoms with E-state index in [0.29, 0.717) is 28.7 Å². The monoisotopic (exact) mass is 606 g/mol. The molecule has 0 spiro atoms. The van der Waals surface area contributed by atoms with Crippen molar-refractivity contribution in [2.45, 2.75) is 12.0 Å². The van der Waals surface area contributed by atoms with Gasteiger partial charge in [-0.25, -0.2) is 4.39 Å². The van der Waals surface area contributed by atoms with Crippen molar-refractivity contribution in [1.29, 1.82) is 0 Å². The van der Waals surface area contributed by atoms with E-state index in [0.717, 1.165) is 0 Å². The highest BCUT2D eigenvalue weighted by molar-refractivity contribution is 6.17. The van der Waals surface area contributed by atoms with E-state index in [2.05, 4.69) is 5.32 Å². The number of hydrogen-bond acceptors (Lipinski definition) is 9. The van der Waals surface area contributed by atoms with Gasteiger partial charge in [0.1, 0.15) is 17.3 Å². The largest absolute Gasteiger partial charge is 0.493 e. The number of carbonyl (C=O) groups excluding carboxylic acids is 2. The summed E-state index contributed by atoms with van der Waals surface area (Å²) in [6, 6.07) is 15.4. The van der Waals surface area contributed by atoms with Gasteiger partial charge in [0, 0.05) is 30.0 Å². The first-order chi connectivity index (χ1) is 21.3. The zero-order valence-electron chi connectivity index (χ0n) is 25.0. The van der Waals surface area contributed by atoms with Crippen LogP contribution in [-0.4, -0.2) is 54.5 Å². The van der Waals surface area contributed by atoms with Crippen LogP contribution < -0.4 is 38.6 Å². The van der Waals surface area contributed by atoms with Crippen molar-refractivity contribution in [2.75, 3.05) is 52.9 Å². The first kappa shape index (κ1) is 30.1. The summed E-state index contributed by atoms with van der Waals surface area (Å²) in [5, 5.41) is 2.87. The highest BCUT2D eigenvalue weighted by atomic mass is 19.1. The lowest BCUT2D eigenvalue weighted by molar-refractivity contribution is -0.138. The van der Waals surface area contributed by atoms with E-state index >= 15 is 0 Å². The molecule has 12 heteroatoms. The third kappa shape index (κ3) is 4.87. The van der Waals surface area contributed by atoms with E-state index in [1.165, 1.54) is 53.6 Å². The molecule has 2 amide bonds. The Morgan fingerprint density at radius 2 is 1.34 bits per heavy atom. The van der Waals surface area contributed by atoms with Crippen LogP contribution in [0.25, 0.3) is 11.3 Å². The number of nitrogens with one attached hydrogen (secondary N) is 1. The smallest absolute Gasteiger partial charge is 0.259 e. The fourth-order valence-electron chi connectivity index (χ4n) is 5.30. The maximum atomic E-state index is 14.7. The molecule has 0 aliphatic carbocycles. The van der Waals surface area contributed by atoms with Crippen LogP contribution in [0.1, 0.15) is 12.2 Å². The van der Waals surface area contributed by atoms with Gasteiger partial charge < -0.3 is 38.2 Å². The predicted octanol–water partition coefficient (Wildman–Crippen LogP) is 5.41. The van der Waals surface area contributed by atoms with Crippen molar-refractivity contribution in [3.8, 4) is 45.8 Å². The summed E-state index contributed by atoms with van der Waals surface area (Å²) in [6.07, 6.45) is -0.260. The number of ether oxygens (including phenoxy) is 6. The Morgan fingerprint density at radius 3 is 1.84 bits per heavy atom. The van der Waals surface area contributed by atoms with Gasteiger partial charge in [0.25, 0.3) is 5.91 Å². The van der Waals surface area contributed by atoms with Gasteiger partial charge >= 0.3 is 0 Å². The second kappa shape index (κ2) is 12.1. The molecule has 1 atom stereocenters. The molecule has 44 heavy (non-hydrogen) atoms. The van der Waals surface area contributed by atoms with Crippen LogP contribution >= 0.6 is 0 Å². The van der Waals surface area contributed by atoms with Crippen molar-refractivity contribution in [3.05, 3.63) is 72.2 Å². The van der Waals surface area contributed by atoms with E-state index in [-0.39, 0.29) is 46.6 Å². The number of benzene rings is 3. The Labute approximate surface area is 253 Å². The molecule has 1 aliphatic rings. The Bertz CT molecular complexity index is 1670. The van der Waals surface area contributed by atoms with Gasteiger partial charge in [-0.3, -0.25) is 14.5 Å². The average molecular weight is 607 g/mol. The summed E-state index contributed by atoms with van der Waals surface area (Å²) < 4.78 is 53.6. The predicted molar refractivity (Wildman–Crippen MR) is 159 cm³/mol. The average Bonchev–Trinajstić information content (AvgIpc) is 3.52. The number of anilines is 2. The van der Waals surface area contributed by atoms with Crippen molar-refractivity contribution in [1.82, 2.24) is 0 Å². The lowest BCUT2D eigenvalue weighted by atomic mass is 9.79. The molecule has 4 aromatic rings. The number of halogens is 1. The van der Waals surface area contributed by atoms with E-state index in [1.54, 1.807) is 54.6 Å². The molecular weight excluding hydrogens is 575 g/mol. The van der Waals surface area contributed by atoms with Gasteiger partial charge in [0.05, 0.1) is 60.3 Å². The molecule has 1 aromatic heterocycles. The fourth-order valence-corrected chi connectivity index (χ4v) is 5.30. The number of carbonyl (C=O) groups is 2. The van der Waals surface area contributed by atoms with Gasteiger partial charge in [0.15, 0.2) is 28.5 Å². The molecule has 230 valence electrons. The van der Waals surface area contributed by atoms with E-state index < -0.39 is 17.3 Å². The summed E-state index contributed by atoms with van der Waals surface area (Å²) in [6.45, 7) is 0. The number of amides is 2. The van der Waals surface area contributed by atoms with Gasteiger partial charge in [-0.05, 0) is 24.3 Å². The SMILES string of the molecule is COc1cc(NC(=O)C2(c3ccc(-c4ccccc4F)o3)CC(=O)N2c2cc(OC)c(OC)c(OC)c2)cc(OC)c1OC. The first-order valence-electron chi connectivity index (χ1n) is 13.4. The normalized spacial score (nSPS) is 15.7. The second-order valence-corrected chi connectivity index (χ2v) is 9.66. The number of hydrogen-bond donors (Lipinski definition) is 1. The third-order valence-electron chi connectivity index (χ3n) is 7.40. The molecule has 1 saturated heterocycles. The van der Waals surface area contributed by atoms with Crippen LogP contribution in [0.15, 0.2) is 65.1 Å². The quantitative estimate of drug-likeness (QED) is 0.224. The van der Waals surface area contributed by atoms with E-state index in [9.17, 15) is 14.0 Å². The summed E-state index contributed by atoms with van der Waals surface area (Å²) in [5.41, 5.74) is -0.927. The minimum atomic E-state index is -1.70. The molecule has 0 bridgehead atoms. The molecule has 5 rings (SSSR count). The van der Waals surface area contributed by atoms with Crippen LogP contribution in [0.5, 0.6) is 34.5 Å². The standard InChI is InChI=1S/C32H31FN2O9/c1-38-23-13-18(14-24(39-2)29(23)42-5)34-31(37)32(27-12-11-22(44-27)20-9-7-8-10-21(20)33)17-28(36)35(32)19-15-25(40-3)30(43-6)26(16-19)41-4/h7-16H,17H2,1-6H3,(H,34,37). The molecule has 1 N–H and O–H groups in total. The summed E-state index contributed by atoms with van der Waals surface area (Å²) in [4.78, 5) is 29.1. The molecule has 1 aliphatic heterocycles. The highest BCUT2D eigenvalue weighted by Gasteiger charge is 2.61. The van der Waals surface area contributed by atoms with Crippen molar-refractivity contribution < 1.29 is 46.8 Å². The molecule has 11 nitrogen and oxygen atoms in total. The van der Waals surface area contributed by atoms with Crippen LogP contribution in [0.3, 0.4) is 0 Å². The summed E-state index contributed by atoms with van der Waals surface area (Å²) in [7, 11) is 8.71. The molecule has 1 unspecified atom stereocenters. The maximum Gasteiger partial charge on any atom is 0.259 e. The van der Waals surface area contributed by atoms with Crippen molar-refractivity contribution in [3.63, 3.8) is 0 Å². The van der Waals surface area contributed by atoms with Crippen LogP contribution in [-0.2, 0) is 15.1 Å². The number of methoxy groups -OCH3 is 6. The summed E-state index contributed by atoms with van der Waals surface area (Å²) >= 11 is 0. The number of furan rings is 1. The van der Waals surface area contributed by atoms with Crippen LogP contribution in [0.4, 0.5) is 15.8 Å².